The average Bonchev–Trinajstić information content (AvgIpc) is 3.22. The smallest absolute Gasteiger partial charge is 0.320 e. The van der Waals surface area contributed by atoms with E-state index < -0.39 is 6.10 Å². The molecule has 1 N–H and O–H groups in total. The van der Waals surface area contributed by atoms with Crippen molar-refractivity contribution in [1.82, 2.24) is 24.6 Å². The third-order valence-electron chi connectivity index (χ3n) is 7.83. The summed E-state index contributed by atoms with van der Waals surface area (Å²) in [4.78, 5) is 37.1. The number of pyridine rings is 1. The minimum Gasteiger partial charge on any atom is -0.390 e. The van der Waals surface area contributed by atoms with Crippen molar-refractivity contribution in [2.75, 3.05) is 45.8 Å². The van der Waals surface area contributed by atoms with Crippen LogP contribution < -0.4 is 0 Å². The number of β-amino-alcohol motifs (C(OH)–C–C–N with tert-alkyl or cyclic N) is 1. The lowest BCUT2D eigenvalue weighted by atomic mass is 9.91. The molecule has 2 unspecified atom stereocenters. The second-order valence-electron chi connectivity index (χ2n) is 10.4. The predicted molar refractivity (Wildman–Crippen MR) is 137 cm³/mol. The van der Waals surface area contributed by atoms with Gasteiger partial charge >= 0.3 is 6.03 Å². The van der Waals surface area contributed by atoms with Crippen molar-refractivity contribution in [3.05, 3.63) is 65.0 Å². The fraction of sp³-hybridized carbons (Fsp3) is 0.536. The maximum Gasteiger partial charge on any atom is 0.320 e. The molecule has 1 aromatic carbocycles. The Bertz CT molecular complexity index is 1080. The monoisotopic (exact) mass is 491 g/mol. The lowest BCUT2D eigenvalue weighted by Crippen LogP contribution is -2.43. The zero-order valence-corrected chi connectivity index (χ0v) is 21.2. The van der Waals surface area contributed by atoms with Crippen molar-refractivity contribution < 1.29 is 14.7 Å². The molecule has 2 saturated heterocycles. The summed E-state index contributed by atoms with van der Waals surface area (Å²) in [7, 11) is 0. The van der Waals surface area contributed by atoms with Gasteiger partial charge in [-0.1, -0.05) is 30.3 Å². The van der Waals surface area contributed by atoms with Crippen molar-refractivity contribution >= 4 is 11.9 Å². The fourth-order valence-electron chi connectivity index (χ4n) is 5.77. The number of urea groups is 1. The number of nitrogens with zero attached hydrogens (tertiary/aromatic N) is 5. The van der Waals surface area contributed by atoms with Crippen LogP contribution in [0.4, 0.5) is 4.79 Å². The van der Waals surface area contributed by atoms with Crippen LogP contribution in [0.15, 0.2) is 42.6 Å². The number of piperidine rings is 1. The van der Waals surface area contributed by atoms with E-state index in [0.29, 0.717) is 38.6 Å². The number of aromatic nitrogens is 1. The van der Waals surface area contributed by atoms with E-state index in [-0.39, 0.29) is 11.9 Å². The third-order valence-corrected chi connectivity index (χ3v) is 7.83. The second kappa shape index (κ2) is 11.0. The SMILES string of the molecule is CC(=O)N1CCCC(c2ccc(CN3CCN(CC(O)CN4CCc5ccccc5C4)C3=O)nc2)C1. The molecule has 3 aliphatic rings. The molecule has 5 rings (SSSR count). The van der Waals surface area contributed by atoms with Crippen LogP contribution in [0.25, 0.3) is 0 Å². The van der Waals surface area contributed by atoms with E-state index in [2.05, 4.69) is 40.2 Å². The van der Waals surface area contributed by atoms with Crippen molar-refractivity contribution in [3.63, 3.8) is 0 Å². The lowest BCUT2D eigenvalue weighted by molar-refractivity contribution is -0.130. The number of aliphatic hydroxyl groups is 1. The Kier molecular flexibility index (Phi) is 7.53. The summed E-state index contributed by atoms with van der Waals surface area (Å²) in [5, 5.41) is 10.7. The molecule has 8 nitrogen and oxygen atoms in total. The minimum atomic E-state index is -0.568. The summed E-state index contributed by atoms with van der Waals surface area (Å²) >= 11 is 0. The summed E-state index contributed by atoms with van der Waals surface area (Å²) in [5.74, 6) is 0.454. The minimum absolute atomic E-state index is 0.0340. The van der Waals surface area contributed by atoms with Crippen molar-refractivity contribution in [2.24, 2.45) is 0 Å². The maximum absolute atomic E-state index is 13.0. The van der Waals surface area contributed by atoms with Crippen LogP contribution in [0, 0.1) is 0 Å². The Hall–Kier alpha value is -2.97. The van der Waals surface area contributed by atoms with E-state index in [1.165, 1.54) is 11.1 Å². The molecule has 0 radical (unpaired) electrons. The topological polar surface area (TPSA) is 80.2 Å². The number of likely N-dealkylation sites (tertiary alicyclic amines) is 1. The molecule has 36 heavy (non-hydrogen) atoms. The predicted octanol–water partition coefficient (Wildman–Crippen LogP) is 2.46. The van der Waals surface area contributed by atoms with Crippen LogP contribution in [-0.2, 0) is 24.3 Å². The summed E-state index contributed by atoms with van der Waals surface area (Å²) in [6.07, 6.45) is 4.42. The normalized spacial score (nSPS) is 21.6. The first kappa shape index (κ1) is 24.7. The van der Waals surface area contributed by atoms with Crippen LogP contribution in [0.5, 0.6) is 0 Å². The number of aliphatic hydroxyl groups excluding tert-OH is 1. The Balaban J connectivity index is 1.10. The molecule has 192 valence electrons. The molecular formula is C28H37N5O3. The largest absolute Gasteiger partial charge is 0.390 e. The highest BCUT2D eigenvalue weighted by Gasteiger charge is 2.31. The molecule has 4 heterocycles. The van der Waals surface area contributed by atoms with Crippen LogP contribution in [0.1, 0.15) is 48.1 Å². The molecule has 2 fully saturated rings. The molecular weight excluding hydrogens is 454 g/mol. The van der Waals surface area contributed by atoms with Gasteiger partial charge in [0.15, 0.2) is 0 Å². The van der Waals surface area contributed by atoms with Gasteiger partial charge in [-0.2, -0.15) is 0 Å². The highest BCUT2D eigenvalue weighted by atomic mass is 16.3. The Morgan fingerprint density at radius 1 is 1.06 bits per heavy atom. The van der Waals surface area contributed by atoms with Crippen LogP contribution in [-0.4, -0.2) is 93.5 Å². The van der Waals surface area contributed by atoms with E-state index >= 15 is 0 Å². The van der Waals surface area contributed by atoms with Gasteiger partial charge in [-0.3, -0.25) is 14.7 Å². The standard InChI is InChI=1S/C28H37N5O3/c1-21(34)31-11-4-7-25(17-31)23-8-9-26(29-15-23)18-32-13-14-33(28(32)36)20-27(35)19-30-12-10-22-5-2-3-6-24(22)16-30/h2-3,5-6,8-9,15,25,27,35H,4,7,10-14,16-20H2,1H3. The van der Waals surface area contributed by atoms with Crippen LogP contribution >= 0.6 is 0 Å². The first-order valence-electron chi connectivity index (χ1n) is 13.2. The van der Waals surface area contributed by atoms with Crippen molar-refractivity contribution in [2.45, 2.75) is 51.3 Å². The average molecular weight is 492 g/mol. The lowest BCUT2D eigenvalue weighted by Gasteiger charge is -2.32. The molecule has 2 aromatic rings. The molecule has 3 amide bonds. The number of rotatable bonds is 7. The van der Waals surface area contributed by atoms with Gasteiger partial charge in [0.1, 0.15) is 0 Å². The van der Waals surface area contributed by atoms with Gasteiger partial charge in [0.2, 0.25) is 5.91 Å². The number of carbonyl (C=O) groups excluding carboxylic acids is 2. The van der Waals surface area contributed by atoms with E-state index in [4.69, 9.17) is 0 Å². The molecule has 3 aliphatic heterocycles. The number of hydrogen-bond acceptors (Lipinski definition) is 5. The van der Waals surface area contributed by atoms with E-state index in [0.717, 1.165) is 56.7 Å². The van der Waals surface area contributed by atoms with E-state index in [1.54, 1.807) is 11.8 Å². The molecule has 8 heteroatoms. The van der Waals surface area contributed by atoms with Gasteiger partial charge in [-0.05, 0) is 42.0 Å². The molecule has 0 spiro atoms. The van der Waals surface area contributed by atoms with Gasteiger partial charge in [0.25, 0.3) is 0 Å². The quantitative estimate of drug-likeness (QED) is 0.644. The van der Waals surface area contributed by atoms with Gasteiger partial charge < -0.3 is 19.8 Å². The third kappa shape index (κ3) is 5.71. The number of carbonyl (C=O) groups is 2. The van der Waals surface area contributed by atoms with Gasteiger partial charge in [-0.15, -0.1) is 0 Å². The van der Waals surface area contributed by atoms with Gasteiger partial charge in [0.05, 0.1) is 18.3 Å². The molecule has 0 bridgehead atoms. The number of amides is 3. The maximum atomic E-state index is 13.0. The zero-order chi connectivity index (χ0) is 25.1. The summed E-state index contributed by atoms with van der Waals surface area (Å²) in [5.41, 5.74) is 4.74. The Labute approximate surface area is 213 Å². The number of hydrogen-bond donors (Lipinski definition) is 1. The van der Waals surface area contributed by atoms with Crippen molar-refractivity contribution in [1.29, 1.82) is 0 Å². The van der Waals surface area contributed by atoms with Crippen LogP contribution in [0.3, 0.4) is 0 Å². The second-order valence-corrected chi connectivity index (χ2v) is 10.4. The molecule has 1 aromatic heterocycles. The van der Waals surface area contributed by atoms with E-state index in [9.17, 15) is 14.7 Å². The Morgan fingerprint density at radius 2 is 1.86 bits per heavy atom. The first-order valence-corrected chi connectivity index (χ1v) is 13.2. The zero-order valence-electron chi connectivity index (χ0n) is 21.2. The summed E-state index contributed by atoms with van der Waals surface area (Å²) in [6, 6.07) is 12.5. The number of fused-ring (bicyclic) bond motifs is 1. The van der Waals surface area contributed by atoms with Gasteiger partial charge in [0, 0.05) is 71.4 Å². The highest BCUT2D eigenvalue weighted by molar-refractivity contribution is 5.76. The fourth-order valence-corrected chi connectivity index (χ4v) is 5.77. The number of benzene rings is 1. The Morgan fingerprint density at radius 3 is 2.64 bits per heavy atom. The van der Waals surface area contributed by atoms with E-state index in [1.807, 2.05) is 22.1 Å². The summed E-state index contributed by atoms with van der Waals surface area (Å²) in [6.45, 7) is 7.67. The first-order chi connectivity index (χ1) is 17.5. The highest BCUT2D eigenvalue weighted by Crippen LogP contribution is 2.27. The van der Waals surface area contributed by atoms with Gasteiger partial charge in [-0.25, -0.2) is 4.79 Å². The molecule has 0 aliphatic carbocycles. The molecule has 0 saturated carbocycles. The van der Waals surface area contributed by atoms with Crippen LogP contribution in [0.2, 0.25) is 0 Å². The molecule has 2 atom stereocenters. The van der Waals surface area contributed by atoms with Crippen molar-refractivity contribution in [3.8, 4) is 0 Å². The summed E-state index contributed by atoms with van der Waals surface area (Å²) < 4.78 is 0.